The zero-order valence-electron chi connectivity index (χ0n) is 9.97. The highest BCUT2D eigenvalue weighted by molar-refractivity contribution is 9.11. The summed E-state index contributed by atoms with van der Waals surface area (Å²) in [6.07, 6.45) is 0. The van der Waals surface area contributed by atoms with E-state index < -0.39 is 5.97 Å². The quantitative estimate of drug-likeness (QED) is 0.740. The van der Waals surface area contributed by atoms with Gasteiger partial charge in [-0.25, -0.2) is 4.79 Å². The van der Waals surface area contributed by atoms with Crippen molar-refractivity contribution in [3.8, 4) is 5.75 Å². The van der Waals surface area contributed by atoms with Gasteiger partial charge in [0.15, 0.2) is 11.3 Å². The van der Waals surface area contributed by atoms with Crippen molar-refractivity contribution in [2.24, 2.45) is 0 Å². The third kappa shape index (κ3) is 1.93. The SMILES string of the molecule is COC(=O)c1oc2c(Br)c(OC)c(Br)cc2c1C. The minimum absolute atomic E-state index is 0.202. The zero-order valence-corrected chi connectivity index (χ0v) is 13.1. The second-order valence-corrected chi connectivity index (χ2v) is 5.28. The summed E-state index contributed by atoms with van der Waals surface area (Å²) in [6.45, 7) is 1.81. The van der Waals surface area contributed by atoms with Crippen molar-refractivity contribution in [2.75, 3.05) is 14.2 Å². The van der Waals surface area contributed by atoms with Crippen LogP contribution < -0.4 is 4.74 Å². The van der Waals surface area contributed by atoms with Crippen molar-refractivity contribution >= 4 is 48.8 Å². The Labute approximate surface area is 120 Å². The summed E-state index contributed by atoms with van der Waals surface area (Å²) in [6, 6.07) is 1.85. The van der Waals surface area contributed by atoms with E-state index in [0.717, 1.165) is 15.4 Å². The molecule has 0 atom stereocenters. The summed E-state index contributed by atoms with van der Waals surface area (Å²) in [5.41, 5.74) is 1.30. The summed E-state index contributed by atoms with van der Waals surface area (Å²) in [5.74, 6) is 0.326. The number of rotatable bonds is 2. The Balaban J connectivity index is 2.80. The molecule has 0 aliphatic rings. The van der Waals surface area contributed by atoms with Gasteiger partial charge in [0.25, 0.3) is 0 Å². The van der Waals surface area contributed by atoms with Gasteiger partial charge in [-0.3, -0.25) is 0 Å². The molecule has 18 heavy (non-hydrogen) atoms. The number of halogens is 2. The van der Waals surface area contributed by atoms with Crippen LogP contribution in [-0.4, -0.2) is 20.2 Å². The number of furan rings is 1. The summed E-state index contributed by atoms with van der Waals surface area (Å²) < 4.78 is 16.9. The second-order valence-electron chi connectivity index (χ2n) is 3.63. The molecule has 2 rings (SSSR count). The number of methoxy groups -OCH3 is 2. The first-order chi connectivity index (χ1) is 8.51. The maximum absolute atomic E-state index is 11.6. The Kier molecular flexibility index (Phi) is 3.68. The highest BCUT2D eigenvalue weighted by Gasteiger charge is 2.22. The third-order valence-electron chi connectivity index (χ3n) is 2.65. The molecule has 0 radical (unpaired) electrons. The molecule has 0 amide bonds. The van der Waals surface area contributed by atoms with Gasteiger partial charge in [0.2, 0.25) is 5.76 Å². The first-order valence-corrected chi connectivity index (χ1v) is 6.63. The fraction of sp³-hybridized carbons (Fsp3) is 0.250. The van der Waals surface area contributed by atoms with Crippen LogP contribution in [0.15, 0.2) is 19.4 Å². The van der Waals surface area contributed by atoms with E-state index in [2.05, 4.69) is 36.6 Å². The standard InChI is InChI=1S/C12H10Br2O4/c1-5-6-4-7(13)11(16-2)8(14)10(6)18-9(5)12(15)17-3/h4H,1-3H3. The molecule has 0 spiro atoms. The van der Waals surface area contributed by atoms with E-state index in [4.69, 9.17) is 9.15 Å². The molecule has 0 unspecified atom stereocenters. The van der Waals surface area contributed by atoms with Gasteiger partial charge in [0.05, 0.1) is 18.7 Å². The summed E-state index contributed by atoms with van der Waals surface area (Å²) in [4.78, 5) is 11.6. The average molecular weight is 378 g/mol. The van der Waals surface area contributed by atoms with Gasteiger partial charge in [-0.1, -0.05) is 0 Å². The second kappa shape index (κ2) is 4.93. The molecule has 1 aromatic heterocycles. The number of benzene rings is 1. The molecule has 0 N–H and O–H groups in total. The lowest BCUT2D eigenvalue weighted by molar-refractivity contribution is 0.0566. The number of esters is 1. The molecule has 2 aromatic rings. The Morgan fingerprint density at radius 1 is 1.33 bits per heavy atom. The van der Waals surface area contributed by atoms with E-state index in [-0.39, 0.29) is 5.76 Å². The summed E-state index contributed by atoms with van der Waals surface area (Å²) in [7, 11) is 2.88. The lowest BCUT2D eigenvalue weighted by Gasteiger charge is -2.05. The van der Waals surface area contributed by atoms with Gasteiger partial charge in [0.1, 0.15) is 4.47 Å². The molecule has 1 aromatic carbocycles. The number of hydrogen-bond donors (Lipinski definition) is 0. The van der Waals surface area contributed by atoms with Crippen LogP contribution in [0.4, 0.5) is 0 Å². The van der Waals surface area contributed by atoms with Crippen molar-refractivity contribution in [1.82, 2.24) is 0 Å². The molecular formula is C12H10Br2O4. The van der Waals surface area contributed by atoms with Crippen LogP contribution in [0.2, 0.25) is 0 Å². The third-order valence-corrected chi connectivity index (χ3v) is 3.96. The van der Waals surface area contributed by atoms with E-state index in [1.54, 1.807) is 7.11 Å². The Hall–Kier alpha value is -1.01. The molecule has 6 heteroatoms. The lowest BCUT2D eigenvalue weighted by Crippen LogP contribution is -2.00. The molecule has 0 saturated carbocycles. The minimum Gasteiger partial charge on any atom is -0.494 e. The van der Waals surface area contributed by atoms with E-state index in [0.29, 0.717) is 15.8 Å². The van der Waals surface area contributed by atoms with Crippen molar-refractivity contribution < 1.29 is 18.7 Å². The summed E-state index contributed by atoms with van der Waals surface area (Å²) >= 11 is 6.82. The normalized spacial score (nSPS) is 10.7. The number of carbonyl (C=O) groups is 1. The molecule has 0 fully saturated rings. The number of hydrogen-bond acceptors (Lipinski definition) is 4. The van der Waals surface area contributed by atoms with Crippen molar-refractivity contribution in [3.63, 3.8) is 0 Å². The maximum Gasteiger partial charge on any atom is 0.374 e. The molecule has 0 aliphatic heterocycles. The van der Waals surface area contributed by atoms with Gasteiger partial charge in [0, 0.05) is 10.9 Å². The van der Waals surface area contributed by atoms with Gasteiger partial charge in [-0.05, 0) is 44.8 Å². The number of ether oxygens (including phenoxy) is 2. The molecular weight excluding hydrogens is 368 g/mol. The van der Waals surface area contributed by atoms with Crippen LogP contribution >= 0.6 is 31.9 Å². The fourth-order valence-electron chi connectivity index (χ4n) is 1.74. The van der Waals surface area contributed by atoms with Gasteiger partial charge < -0.3 is 13.9 Å². The predicted octanol–water partition coefficient (Wildman–Crippen LogP) is 4.06. The largest absolute Gasteiger partial charge is 0.494 e. The number of aryl methyl sites for hydroxylation is 1. The van der Waals surface area contributed by atoms with E-state index in [1.165, 1.54) is 7.11 Å². The molecule has 0 aliphatic carbocycles. The van der Waals surface area contributed by atoms with Crippen LogP contribution in [0.3, 0.4) is 0 Å². The topological polar surface area (TPSA) is 48.7 Å². The van der Waals surface area contributed by atoms with Crippen molar-refractivity contribution in [1.29, 1.82) is 0 Å². The van der Waals surface area contributed by atoms with Crippen LogP contribution in [0, 0.1) is 6.92 Å². The first kappa shape index (κ1) is 13.4. The minimum atomic E-state index is -0.495. The molecule has 96 valence electrons. The monoisotopic (exact) mass is 376 g/mol. The van der Waals surface area contributed by atoms with Crippen LogP contribution in [0.25, 0.3) is 11.0 Å². The van der Waals surface area contributed by atoms with Gasteiger partial charge >= 0.3 is 5.97 Å². The van der Waals surface area contributed by atoms with Crippen LogP contribution in [0.1, 0.15) is 16.1 Å². The van der Waals surface area contributed by atoms with E-state index in [9.17, 15) is 4.79 Å². The van der Waals surface area contributed by atoms with Gasteiger partial charge in [-0.2, -0.15) is 0 Å². The highest BCUT2D eigenvalue weighted by atomic mass is 79.9. The highest BCUT2D eigenvalue weighted by Crippen LogP contribution is 2.42. The molecule has 4 nitrogen and oxygen atoms in total. The molecule has 0 bridgehead atoms. The molecule has 0 saturated heterocycles. The summed E-state index contributed by atoms with van der Waals surface area (Å²) in [5, 5.41) is 0.829. The Bertz CT molecular complexity index is 631. The van der Waals surface area contributed by atoms with Crippen LogP contribution in [0.5, 0.6) is 5.75 Å². The predicted molar refractivity (Wildman–Crippen MR) is 74.2 cm³/mol. The average Bonchev–Trinajstić information content (AvgIpc) is 2.67. The zero-order chi connectivity index (χ0) is 13.4. The number of carbonyl (C=O) groups excluding carboxylic acids is 1. The van der Waals surface area contributed by atoms with Crippen molar-refractivity contribution in [3.05, 3.63) is 26.3 Å². The van der Waals surface area contributed by atoms with Gasteiger partial charge in [-0.15, -0.1) is 0 Å². The Morgan fingerprint density at radius 2 is 2.00 bits per heavy atom. The fourth-order valence-corrected chi connectivity index (χ4v) is 3.26. The van der Waals surface area contributed by atoms with E-state index in [1.807, 2.05) is 13.0 Å². The number of fused-ring (bicyclic) bond motifs is 1. The van der Waals surface area contributed by atoms with E-state index >= 15 is 0 Å². The molecule has 1 heterocycles. The van der Waals surface area contributed by atoms with Crippen molar-refractivity contribution in [2.45, 2.75) is 6.92 Å². The lowest BCUT2D eigenvalue weighted by atomic mass is 10.1. The van der Waals surface area contributed by atoms with Crippen LogP contribution in [-0.2, 0) is 4.74 Å². The maximum atomic E-state index is 11.6. The smallest absolute Gasteiger partial charge is 0.374 e. The first-order valence-electron chi connectivity index (χ1n) is 5.04. The Morgan fingerprint density at radius 3 is 2.56 bits per heavy atom.